The van der Waals surface area contributed by atoms with Crippen molar-refractivity contribution >= 4 is 23.6 Å². The zero-order valence-electron chi connectivity index (χ0n) is 23.3. The number of ether oxygens (including phenoxy) is 1. The Morgan fingerprint density at radius 3 is 1.49 bits per heavy atom. The van der Waals surface area contributed by atoms with E-state index in [1.165, 1.54) is 44.9 Å². The molecule has 0 aliphatic rings. The first-order valence-corrected chi connectivity index (χ1v) is 14.6. The quantitative estimate of drug-likeness (QED) is 0.0998. The molecular formula is C29H53NO7. The number of carboxylic acid groups (broad SMARTS) is 2. The number of carboxylic acids is 2. The van der Waals surface area contributed by atoms with Crippen LogP contribution in [0.1, 0.15) is 141 Å². The molecule has 0 aromatic carbocycles. The van der Waals surface area contributed by atoms with E-state index in [2.05, 4.69) is 5.32 Å². The van der Waals surface area contributed by atoms with Crippen molar-refractivity contribution < 1.29 is 34.1 Å². The molecular weight excluding hydrogens is 474 g/mol. The summed E-state index contributed by atoms with van der Waals surface area (Å²) < 4.78 is 4.98. The maximum atomic E-state index is 12.1. The van der Waals surface area contributed by atoms with Gasteiger partial charge in [-0.05, 0) is 32.1 Å². The molecule has 1 amide bonds. The Morgan fingerprint density at radius 1 is 0.595 bits per heavy atom. The molecule has 8 nitrogen and oxygen atoms in total. The first kappa shape index (κ1) is 35.0. The highest BCUT2D eigenvalue weighted by Gasteiger charge is 2.20. The van der Waals surface area contributed by atoms with Crippen LogP contribution in [0.15, 0.2) is 0 Å². The normalized spacial score (nSPS) is 11.8. The van der Waals surface area contributed by atoms with Crippen molar-refractivity contribution in [2.24, 2.45) is 0 Å². The number of carbonyl (C=O) groups excluding carboxylic acids is 2. The Bertz CT molecular complexity index is 609. The van der Waals surface area contributed by atoms with Crippen LogP contribution in [0.2, 0.25) is 0 Å². The molecule has 0 radical (unpaired) electrons. The van der Waals surface area contributed by atoms with Gasteiger partial charge in [0.25, 0.3) is 0 Å². The fourth-order valence-electron chi connectivity index (χ4n) is 4.38. The lowest BCUT2D eigenvalue weighted by Crippen LogP contribution is -2.41. The van der Waals surface area contributed by atoms with Crippen molar-refractivity contribution in [3.63, 3.8) is 0 Å². The van der Waals surface area contributed by atoms with Gasteiger partial charge in [-0.15, -0.1) is 0 Å². The SMILES string of the molecule is COCCCCCC(=O)CC[C@H](NC(=O)CCCCCCCCCCCCCCCCC(=O)O)C(=O)O. The predicted molar refractivity (Wildman–Crippen MR) is 146 cm³/mol. The third-order valence-corrected chi connectivity index (χ3v) is 6.69. The van der Waals surface area contributed by atoms with Crippen LogP contribution in [-0.4, -0.2) is 53.6 Å². The summed E-state index contributed by atoms with van der Waals surface area (Å²) >= 11 is 0. The zero-order chi connectivity index (χ0) is 27.6. The number of nitrogens with one attached hydrogen (secondary N) is 1. The lowest BCUT2D eigenvalue weighted by molar-refractivity contribution is -0.142. The minimum absolute atomic E-state index is 0.0443. The van der Waals surface area contributed by atoms with Gasteiger partial charge >= 0.3 is 11.9 Å². The van der Waals surface area contributed by atoms with Crippen LogP contribution in [0.3, 0.4) is 0 Å². The van der Waals surface area contributed by atoms with E-state index in [9.17, 15) is 24.3 Å². The van der Waals surface area contributed by atoms with E-state index >= 15 is 0 Å². The number of ketones is 1. The summed E-state index contributed by atoms with van der Waals surface area (Å²) in [5.74, 6) is -1.99. The number of carbonyl (C=O) groups is 4. The molecule has 0 saturated heterocycles. The highest BCUT2D eigenvalue weighted by molar-refractivity contribution is 5.84. The molecule has 3 N–H and O–H groups in total. The van der Waals surface area contributed by atoms with Crippen LogP contribution in [-0.2, 0) is 23.9 Å². The van der Waals surface area contributed by atoms with Gasteiger partial charge in [0, 0.05) is 39.4 Å². The fourth-order valence-corrected chi connectivity index (χ4v) is 4.38. The maximum absolute atomic E-state index is 12.1. The van der Waals surface area contributed by atoms with E-state index < -0.39 is 18.0 Å². The van der Waals surface area contributed by atoms with E-state index in [0.717, 1.165) is 64.2 Å². The lowest BCUT2D eigenvalue weighted by Gasteiger charge is -2.14. The molecule has 8 heteroatoms. The zero-order valence-corrected chi connectivity index (χ0v) is 23.3. The number of unbranched alkanes of at least 4 members (excludes halogenated alkanes) is 15. The number of hydrogen-bond donors (Lipinski definition) is 3. The molecule has 0 bridgehead atoms. The van der Waals surface area contributed by atoms with Crippen molar-refractivity contribution in [1.82, 2.24) is 5.32 Å². The Balaban J connectivity index is 3.62. The summed E-state index contributed by atoms with van der Waals surface area (Å²) in [4.78, 5) is 46.0. The summed E-state index contributed by atoms with van der Waals surface area (Å²) in [6.45, 7) is 0.684. The Labute approximate surface area is 224 Å². The number of amides is 1. The van der Waals surface area contributed by atoms with Crippen LogP contribution >= 0.6 is 0 Å². The topological polar surface area (TPSA) is 130 Å². The second-order valence-electron chi connectivity index (χ2n) is 10.2. The van der Waals surface area contributed by atoms with Crippen molar-refractivity contribution in [3.8, 4) is 0 Å². The molecule has 0 aromatic heterocycles. The Morgan fingerprint density at radius 2 is 1.03 bits per heavy atom. The van der Waals surface area contributed by atoms with Crippen molar-refractivity contribution in [2.45, 2.75) is 147 Å². The molecule has 0 aliphatic heterocycles. The average Bonchev–Trinajstić information content (AvgIpc) is 2.85. The first-order chi connectivity index (χ1) is 17.9. The Hall–Kier alpha value is -1.96. The second-order valence-corrected chi connectivity index (χ2v) is 10.2. The van der Waals surface area contributed by atoms with Crippen LogP contribution < -0.4 is 5.32 Å². The third-order valence-electron chi connectivity index (χ3n) is 6.69. The largest absolute Gasteiger partial charge is 0.481 e. The maximum Gasteiger partial charge on any atom is 0.326 e. The summed E-state index contributed by atoms with van der Waals surface area (Å²) in [6.07, 6.45) is 19.6. The number of Topliss-reactive ketones (excluding diaryl/α,β-unsaturated/α-hetero) is 1. The monoisotopic (exact) mass is 527 g/mol. The average molecular weight is 528 g/mol. The fraction of sp³-hybridized carbons (Fsp3) is 0.862. The minimum Gasteiger partial charge on any atom is -0.481 e. The smallest absolute Gasteiger partial charge is 0.326 e. The molecule has 0 unspecified atom stereocenters. The van der Waals surface area contributed by atoms with Gasteiger partial charge in [0.1, 0.15) is 11.8 Å². The van der Waals surface area contributed by atoms with E-state index in [4.69, 9.17) is 9.84 Å². The molecule has 0 saturated carbocycles. The summed E-state index contributed by atoms with van der Waals surface area (Å²) in [6, 6.07) is -0.998. The first-order valence-electron chi connectivity index (χ1n) is 14.6. The Kier molecular flexibility index (Phi) is 24.3. The van der Waals surface area contributed by atoms with Gasteiger partial charge in [0.2, 0.25) is 5.91 Å². The van der Waals surface area contributed by atoms with Crippen molar-refractivity contribution in [1.29, 1.82) is 0 Å². The number of rotatable bonds is 28. The summed E-state index contributed by atoms with van der Waals surface area (Å²) in [7, 11) is 1.65. The van der Waals surface area contributed by atoms with E-state index in [1.54, 1.807) is 7.11 Å². The van der Waals surface area contributed by atoms with Crippen LogP contribution in [0.5, 0.6) is 0 Å². The van der Waals surface area contributed by atoms with Crippen LogP contribution in [0.4, 0.5) is 0 Å². The molecule has 0 heterocycles. The lowest BCUT2D eigenvalue weighted by atomic mass is 10.0. The van der Waals surface area contributed by atoms with E-state index in [1.807, 2.05) is 0 Å². The molecule has 0 aliphatic carbocycles. The van der Waals surface area contributed by atoms with Gasteiger partial charge in [0.05, 0.1) is 0 Å². The van der Waals surface area contributed by atoms with Gasteiger partial charge in [0.15, 0.2) is 0 Å². The molecule has 37 heavy (non-hydrogen) atoms. The highest BCUT2D eigenvalue weighted by atomic mass is 16.5. The number of hydrogen-bond acceptors (Lipinski definition) is 5. The summed E-state index contributed by atoms with van der Waals surface area (Å²) in [5, 5.41) is 20.6. The van der Waals surface area contributed by atoms with Gasteiger partial charge in [-0.25, -0.2) is 4.79 Å². The molecule has 0 rings (SSSR count). The molecule has 0 fully saturated rings. The van der Waals surface area contributed by atoms with Crippen molar-refractivity contribution in [3.05, 3.63) is 0 Å². The molecule has 0 spiro atoms. The summed E-state index contributed by atoms with van der Waals surface area (Å²) in [5.41, 5.74) is 0. The second kappa shape index (κ2) is 25.7. The minimum atomic E-state index is -1.09. The molecule has 0 aromatic rings. The van der Waals surface area contributed by atoms with Gasteiger partial charge in [-0.1, -0.05) is 83.5 Å². The van der Waals surface area contributed by atoms with Crippen LogP contribution in [0, 0.1) is 0 Å². The van der Waals surface area contributed by atoms with Gasteiger partial charge in [-0.3, -0.25) is 14.4 Å². The predicted octanol–water partition coefficient (Wildman–Crippen LogP) is 6.44. The number of methoxy groups -OCH3 is 1. The number of aliphatic carboxylic acids is 2. The van der Waals surface area contributed by atoms with E-state index in [-0.39, 0.29) is 24.5 Å². The standard InChI is InChI=1S/C29H53NO7/c1-37-24-18-14-15-19-25(31)22-23-26(29(35)36)30-27(32)20-16-12-10-8-6-4-2-3-5-7-9-11-13-17-21-28(33)34/h26H,2-24H2,1H3,(H,30,32)(H,33,34)(H,35,36)/t26-/m0/s1. The highest BCUT2D eigenvalue weighted by Crippen LogP contribution is 2.14. The van der Waals surface area contributed by atoms with Gasteiger partial charge in [-0.2, -0.15) is 0 Å². The van der Waals surface area contributed by atoms with Crippen LogP contribution in [0.25, 0.3) is 0 Å². The molecule has 216 valence electrons. The molecule has 1 atom stereocenters. The van der Waals surface area contributed by atoms with E-state index in [0.29, 0.717) is 25.9 Å². The van der Waals surface area contributed by atoms with Crippen molar-refractivity contribution in [2.75, 3.05) is 13.7 Å². The van der Waals surface area contributed by atoms with Gasteiger partial charge < -0.3 is 20.3 Å². The third kappa shape index (κ3) is 25.5.